The monoisotopic (exact) mass is 305 g/mol. The van der Waals surface area contributed by atoms with Crippen LogP contribution in [-0.2, 0) is 14.4 Å². The molecule has 4 aliphatic rings. The highest BCUT2D eigenvalue weighted by Gasteiger charge is 2.43. The molecule has 2 saturated heterocycles. The Labute approximate surface area is 130 Å². The molecule has 2 heterocycles. The standard InChI is InChI=1S/C16H23N3O3/c20-14-9-12(10-19(14)13-3-4-13)16(22)18-7-5-17(6-8-18)15(21)11-1-2-11/h11-13H,1-10H2. The van der Waals surface area contributed by atoms with Crippen molar-refractivity contribution < 1.29 is 14.4 Å². The van der Waals surface area contributed by atoms with Crippen molar-refractivity contribution in [3.05, 3.63) is 0 Å². The number of amides is 3. The molecule has 2 aliphatic heterocycles. The van der Waals surface area contributed by atoms with Crippen LogP contribution < -0.4 is 0 Å². The third-order valence-electron chi connectivity index (χ3n) is 5.32. The first-order valence-corrected chi connectivity index (χ1v) is 8.50. The van der Waals surface area contributed by atoms with E-state index < -0.39 is 0 Å². The molecule has 1 atom stereocenters. The van der Waals surface area contributed by atoms with Crippen LogP contribution in [0.3, 0.4) is 0 Å². The SMILES string of the molecule is O=C(C1CC1)N1CCN(C(=O)C2CC(=O)N(C3CC3)C2)CC1. The number of piperazine rings is 1. The molecule has 120 valence electrons. The van der Waals surface area contributed by atoms with Gasteiger partial charge in [-0.1, -0.05) is 0 Å². The first-order chi connectivity index (χ1) is 10.6. The van der Waals surface area contributed by atoms with Crippen LogP contribution in [0.5, 0.6) is 0 Å². The second-order valence-corrected chi connectivity index (χ2v) is 7.10. The van der Waals surface area contributed by atoms with E-state index in [9.17, 15) is 14.4 Å². The summed E-state index contributed by atoms with van der Waals surface area (Å²) in [6, 6.07) is 0.401. The molecular weight excluding hydrogens is 282 g/mol. The van der Waals surface area contributed by atoms with Gasteiger partial charge in [0.15, 0.2) is 0 Å². The molecule has 6 nitrogen and oxygen atoms in total. The summed E-state index contributed by atoms with van der Waals surface area (Å²) in [7, 11) is 0. The topological polar surface area (TPSA) is 60.9 Å². The maximum atomic E-state index is 12.6. The lowest BCUT2D eigenvalue weighted by Gasteiger charge is -2.36. The summed E-state index contributed by atoms with van der Waals surface area (Å²) in [6.45, 7) is 3.13. The molecule has 4 rings (SSSR count). The van der Waals surface area contributed by atoms with Gasteiger partial charge in [-0.2, -0.15) is 0 Å². The van der Waals surface area contributed by atoms with E-state index in [-0.39, 0.29) is 29.6 Å². The molecule has 0 aromatic rings. The fraction of sp³-hybridized carbons (Fsp3) is 0.812. The summed E-state index contributed by atoms with van der Waals surface area (Å²) in [5, 5.41) is 0. The molecule has 0 aromatic heterocycles. The molecule has 2 saturated carbocycles. The Balaban J connectivity index is 1.30. The molecule has 0 bridgehead atoms. The lowest BCUT2D eigenvalue weighted by atomic mass is 10.1. The molecule has 0 radical (unpaired) electrons. The Morgan fingerprint density at radius 1 is 0.818 bits per heavy atom. The van der Waals surface area contributed by atoms with E-state index in [1.807, 2.05) is 14.7 Å². The first kappa shape index (κ1) is 14.0. The lowest BCUT2D eigenvalue weighted by Crippen LogP contribution is -2.52. The van der Waals surface area contributed by atoms with Crippen LogP contribution in [0.25, 0.3) is 0 Å². The van der Waals surface area contributed by atoms with Gasteiger partial charge in [0.25, 0.3) is 0 Å². The second-order valence-electron chi connectivity index (χ2n) is 7.10. The molecule has 22 heavy (non-hydrogen) atoms. The number of likely N-dealkylation sites (tertiary alicyclic amines) is 1. The minimum atomic E-state index is -0.168. The van der Waals surface area contributed by atoms with Crippen LogP contribution in [0.15, 0.2) is 0 Å². The van der Waals surface area contributed by atoms with Crippen LogP contribution in [0.4, 0.5) is 0 Å². The Bertz CT molecular complexity index is 505. The Morgan fingerprint density at radius 3 is 1.86 bits per heavy atom. The van der Waals surface area contributed by atoms with Crippen molar-refractivity contribution >= 4 is 17.7 Å². The normalized spacial score (nSPS) is 29.2. The maximum absolute atomic E-state index is 12.6. The van der Waals surface area contributed by atoms with Crippen molar-refractivity contribution in [1.29, 1.82) is 0 Å². The highest BCUT2D eigenvalue weighted by atomic mass is 16.2. The fourth-order valence-electron chi connectivity index (χ4n) is 3.63. The van der Waals surface area contributed by atoms with Gasteiger partial charge in [-0.15, -0.1) is 0 Å². The number of nitrogens with zero attached hydrogens (tertiary/aromatic N) is 3. The van der Waals surface area contributed by atoms with E-state index in [0.29, 0.717) is 45.2 Å². The van der Waals surface area contributed by atoms with Gasteiger partial charge < -0.3 is 14.7 Å². The van der Waals surface area contributed by atoms with Gasteiger partial charge in [0.05, 0.1) is 5.92 Å². The van der Waals surface area contributed by atoms with E-state index in [2.05, 4.69) is 0 Å². The van der Waals surface area contributed by atoms with Crippen molar-refractivity contribution in [2.75, 3.05) is 32.7 Å². The number of hydrogen-bond acceptors (Lipinski definition) is 3. The second kappa shape index (κ2) is 5.25. The van der Waals surface area contributed by atoms with Crippen LogP contribution in [0.2, 0.25) is 0 Å². The average Bonchev–Trinajstić information content (AvgIpc) is 3.44. The Kier molecular flexibility index (Phi) is 3.35. The van der Waals surface area contributed by atoms with Gasteiger partial charge in [0.2, 0.25) is 17.7 Å². The van der Waals surface area contributed by atoms with Crippen LogP contribution in [0, 0.1) is 11.8 Å². The van der Waals surface area contributed by atoms with Crippen LogP contribution in [-0.4, -0.2) is 71.2 Å². The summed E-state index contributed by atoms with van der Waals surface area (Å²) in [5.74, 6) is 0.599. The molecule has 3 amide bonds. The summed E-state index contributed by atoms with van der Waals surface area (Å²) in [6.07, 6.45) is 4.61. The van der Waals surface area contributed by atoms with Gasteiger partial charge in [0.1, 0.15) is 0 Å². The summed E-state index contributed by atoms with van der Waals surface area (Å²) in [5.41, 5.74) is 0. The highest BCUT2D eigenvalue weighted by molar-refractivity contribution is 5.90. The van der Waals surface area contributed by atoms with Crippen molar-refractivity contribution in [2.24, 2.45) is 11.8 Å². The van der Waals surface area contributed by atoms with Gasteiger partial charge >= 0.3 is 0 Å². The van der Waals surface area contributed by atoms with Gasteiger partial charge in [-0.05, 0) is 25.7 Å². The smallest absolute Gasteiger partial charge is 0.228 e. The Morgan fingerprint density at radius 2 is 1.36 bits per heavy atom. The molecule has 0 spiro atoms. The molecular formula is C16H23N3O3. The third-order valence-corrected chi connectivity index (χ3v) is 5.32. The summed E-state index contributed by atoms with van der Waals surface area (Å²) >= 11 is 0. The molecule has 4 fully saturated rings. The third kappa shape index (κ3) is 2.59. The zero-order chi connectivity index (χ0) is 15.3. The molecule has 2 aliphatic carbocycles. The van der Waals surface area contributed by atoms with Crippen molar-refractivity contribution in [3.63, 3.8) is 0 Å². The fourth-order valence-corrected chi connectivity index (χ4v) is 3.63. The maximum Gasteiger partial charge on any atom is 0.228 e. The largest absolute Gasteiger partial charge is 0.339 e. The number of hydrogen-bond donors (Lipinski definition) is 0. The minimum Gasteiger partial charge on any atom is -0.339 e. The zero-order valence-corrected chi connectivity index (χ0v) is 12.9. The first-order valence-electron chi connectivity index (χ1n) is 8.50. The van der Waals surface area contributed by atoms with Crippen LogP contribution >= 0.6 is 0 Å². The predicted octanol–water partition coefficient (Wildman–Crippen LogP) is 0.0781. The number of carbonyl (C=O) groups is 3. The molecule has 0 aromatic carbocycles. The Hall–Kier alpha value is -1.59. The van der Waals surface area contributed by atoms with E-state index in [1.165, 1.54) is 0 Å². The van der Waals surface area contributed by atoms with Crippen molar-refractivity contribution in [3.8, 4) is 0 Å². The summed E-state index contributed by atoms with van der Waals surface area (Å²) < 4.78 is 0. The van der Waals surface area contributed by atoms with E-state index in [0.717, 1.165) is 25.7 Å². The van der Waals surface area contributed by atoms with Gasteiger partial charge in [-0.25, -0.2) is 0 Å². The zero-order valence-electron chi connectivity index (χ0n) is 12.9. The average molecular weight is 305 g/mol. The van der Waals surface area contributed by atoms with Crippen molar-refractivity contribution in [1.82, 2.24) is 14.7 Å². The van der Waals surface area contributed by atoms with E-state index >= 15 is 0 Å². The number of carbonyl (C=O) groups excluding carboxylic acids is 3. The van der Waals surface area contributed by atoms with E-state index in [4.69, 9.17) is 0 Å². The van der Waals surface area contributed by atoms with Gasteiger partial charge in [0, 0.05) is 51.1 Å². The molecule has 6 heteroatoms. The minimum absolute atomic E-state index is 0.107. The number of rotatable bonds is 3. The molecule has 0 N–H and O–H groups in total. The van der Waals surface area contributed by atoms with Gasteiger partial charge in [-0.3, -0.25) is 14.4 Å². The highest BCUT2D eigenvalue weighted by Crippen LogP contribution is 2.34. The quantitative estimate of drug-likeness (QED) is 0.742. The predicted molar refractivity (Wildman–Crippen MR) is 78.7 cm³/mol. The van der Waals surface area contributed by atoms with Crippen LogP contribution in [0.1, 0.15) is 32.1 Å². The summed E-state index contributed by atoms with van der Waals surface area (Å²) in [4.78, 5) is 42.3. The van der Waals surface area contributed by atoms with E-state index in [1.54, 1.807) is 0 Å². The molecule has 1 unspecified atom stereocenters. The van der Waals surface area contributed by atoms with Crippen molar-refractivity contribution in [2.45, 2.75) is 38.1 Å². The lowest BCUT2D eigenvalue weighted by molar-refractivity contribution is -0.142.